The Hall–Kier alpha value is -4.14. The first kappa shape index (κ1) is 22.1. The number of ether oxygens (including phenoxy) is 3. The number of pyridine rings is 1. The van der Waals surface area contributed by atoms with Gasteiger partial charge in [0.15, 0.2) is 11.5 Å². The van der Waals surface area contributed by atoms with Gasteiger partial charge in [0.2, 0.25) is 5.75 Å². The van der Waals surface area contributed by atoms with Crippen molar-refractivity contribution in [3.05, 3.63) is 59.9 Å². The first-order valence-electron chi connectivity index (χ1n) is 10.4. The minimum absolute atomic E-state index is 0.239. The van der Waals surface area contributed by atoms with Crippen LogP contribution in [0.25, 0.3) is 22.2 Å². The molecule has 9 heteroatoms. The Morgan fingerprint density at radius 2 is 1.88 bits per heavy atom. The van der Waals surface area contributed by atoms with E-state index in [1.807, 2.05) is 25.1 Å². The van der Waals surface area contributed by atoms with Crippen molar-refractivity contribution in [3.8, 4) is 28.5 Å². The van der Waals surface area contributed by atoms with Crippen LogP contribution in [0.4, 0.5) is 0 Å². The predicted octanol–water partition coefficient (Wildman–Crippen LogP) is 3.33. The average Bonchev–Trinajstić information content (AvgIpc) is 3.27. The van der Waals surface area contributed by atoms with E-state index in [-0.39, 0.29) is 5.91 Å². The second-order valence-corrected chi connectivity index (χ2v) is 7.29. The SMILES string of the molecule is COc1cc2[nH]c(C(=O)NCCc3nc(C)ncc3-c3ccccn3)cc2c(OC)c1OC. The molecule has 170 valence electrons. The quantitative estimate of drug-likeness (QED) is 0.426. The van der Waals surface area contributed by atoms with Gasteiger partial charge >= 0.3 is 0 Å². The second-order valence-electron chi connectivity index (χ2n) is 7.29. The number of carbonyl (C=O) groups excluding carboxylic acids is 1. The predicted molar refractivity (Wildman–Crippen MR) is 124 cm³/mol. The molecular weight excluding hydrogens is 422 g/mol. The van der Waals surface area contributed by atoms with Gasteiger partial charge in [0.05, 0.1) is 38.2 Å². The van der Waals surface area contributed by atoms with Gasteiger partial charge < -0.3 is 24.5 Å². The molecule has 1 aromatic carbocycles. The lowest BCUT2D eigenvalue weighted by atomic mass is 10.1. The van der Waals surface area contributed by atoms with Crippen molar-refractivity contribution in [2.75, 3.05) is 27.9 Å². The van der Waals surface area contributed by atoms with Crippen molar-refractivity contribution in [2.45, 2.75) is 13.3 Å². The van der Waals surface area contributed by atoms with Gasteiger partial charge in [0.1, 0.15) is 11.5 Å². The first-order chi connectivity index (χ1) is 16.0. The van der Waals surface area contributed by atoms with E-state index in [9.17, 15) is 4.79 Å². The van der Waals surface area contributed by atoms with Crippen molar-refractivity contribution in [1.82, 2.24) is 25.3 Å². The van der Waals surface area contributed by atoms with E-state index in [1.54, 1.807) is 45.9 Å². The maximum atomic E-state index is 12.8. The summed E-state index contributed by atoms with van der Waals surface area (Å²) < 4.78 is 16.3. The second kappa shape index (κ2) is 9.56. The van der Waals surface area contributed by atoms with E-state index < -0.39 is 0 Å². The molecule has 0 atom stereocenters. The van der Waals surface area contributed by atoms with Crippen LogP contribution in [0, 0.1) is 6.92 Å². The number of amides is 1. The maximum absolute atomic E-state index is 12.8. The zero-order valence-corrected chi connectivity index (χ0v) is 18.9. The van der Waals surface area contributed by atoms with Crippen LogP contribution in [0.1, 0.15) is 22.0 Å². The highest BCUT2D eigenvalue weighted by Crippen LogP contribution is 2.43. The number of methoxy groups -OCH3 is 3. The molecule has 4 rings (SSSR count). The molecule has 0 bridgehead atoms. The molecule has 0 spiro atoms. The summed E-state index contributed by atoms with van der Waals surface area (Å²) in [5.41, 5.74) is 3.59. The Labute approximate surface area is 191 Å². The van der Waals surface area contributed by atoms with E-state index in [4.69, 9.17) is 14.2 Å². The van der Waals surface area contributed by atoms with Crippen molar-refractivity contribution in [1.29, 1.82) is 0 Å². The number of aryl methyl sites for hydroxylation is 1. The monoisotopic (exact) mass is 447 g/mol. The van der Waals surface area contributed by atoms with Crippen LogP contribution in [0.2, 0.25) is 0 Å². The highest BCUT2D eigenvalue weighted by molar-refractivity contribution is 6.01. The number of H-pyrrole nitrogens is 1. The number of nitrogens with zero attached hydrogens (tertiary/aromatic N) is 3. The Morgan fingerprint density at radius 3 is 2.58 bits per heavy atom. The molecule has 0 saturated carbocycles. The summed E-state index contributed by atoms with van der Waals surface area (Å²) in [6.45, 7) is 2.24. The van der Waals surface area contributed by atoms with Crippen LogP contribution in [-0.4, -0.2) is 53.7 Å². The zero-order chi connectivity index (χ0) is 23.4. The standard InChI is InChI=1S/C24H25N5O4/c1-14-27-13-16(17-7-5-6-9-25-17)18(28-14)8-10-26-24(30)20-11-15-19(29-20)12-21(31-2)23(33-4)22(15)32-3/h5-7,9,11-13,29H,8,10H2,1-4H3,(H,26,30). The van der Waals surface area contributed by atoms with Gasteiger partial charge in [-0.25, -0.2) is 9.97 Å². The summed E-state index contributed by atoms with van der Waals surface area (Å²) in [5.74, 6) is 1.91. The van der Waals surface area contributed by atoms with Crippen molar-refractivity contribution < 1.29 is 19.0 Å². The van der Waals surface area contributed by atoms with Gasteiger partial charge in [0, 0.05) is 42.4 Å². The molecule has 0 saturated heterocycles. The topological polar surface area (TPSA) is 111 Å². The number of hydrogen-bond acceptors (Lipinski definition) is 7. The van der Waals surface area contributed by atoms with Crippen molar-refractivity contribution in [3.63, 3.8) is 0 Å². The molecular formula is C24H25N5O4. The highest BCUT2D eigenvalue weighted by Gasteiger charge is 2.20. The van der Waals surface area contributed by atoms with Crippen LogP contribution in [-0.2, 0) is 6.42 Å². The molecule has 0 radical (unpaired) electrons. The third-order valence-electron chi connectivity index (χ3n) is 5.25. The summed E-state index contributed by atoms with van der Waals surface area (Å²) in [4.78, 5) is 29.2. The summed E-state index contributed by atoms with van der Waals surface area (Å²) in [5, 5.41) is 3.67. The van der Waals surface area contributed by atoms with Gasteiger partial charge in [-0.1, -0.05) is 6.07 Å². The Morgan fingerprint density at radius 1 is 1.06 bits per heavy atom. The summed E-state index contributed by atoms with van der Waals surface area (Å²) in [6.07, 6.45) is 4.04. The van der Waals surface area contributed by atoms with Gasteiger partial charge in [-0.2, -0.15) is 0 Å². The number of nitrogens with one attached hydrogen (secondary N) is 2. The lowest BCUT2D eigenvalue weighted by molar-refractivity contribution is 0.0950. The molecule has 2 N–H and O–H groups in total. The molecule has 3 heterocycles. The minimum Gasteiger partial charge on any atom is -0.493 e. The fourth-order valence-corrected chi connectivity index (χ4v) is 3.71. The number of aromatic amines is 1. The summed E-state index contributed by atoms with van der Waals surface area (Å²) in [6, 6.07) is 9.20. The molecule has 0 aliphatic carbocycles. The molecule has 4 aromatic rings. The number of carbonyl (C=O) groups is 1. The van der Waals surface area contributed by atoms with Gasteiger partial charge in [-0.3, -0.25) is 9.78 Å². The van der Waals surface area contributed by atoms with Gasteiger partial charge in [-0.05, 0) is 25.1 Å². The smallest absolute Gasteiger partial charge is 0.267 e. The molecule has 33 heavy (non-hydrogen) atoms. The van der Waals surface area contributed by atoms with Crippen molar-refractivity contribution >= 4 is 16.8 Å². The first-order valence-corrected chi connectivity index (χ1v) is 10.4. The number of fused-ring (bicyclic) bond motifs is 1. The average molecular weight is 447 g/mol. The fraction of sp³-hybridized carbons (Fsp3) is 0.250. The summed E-state index contributed by atoms with van der Waals surface area (Å²) >= 11 is 0. The van der Waals surface area contributed by atoms with Crippen LogP contribution in [0.5, 0.6) is 17.2 Å². The van der Waals surface area contributed by atoms with Crippen LogP contribution >= 0.6 is 0 Å². The lowest BCUT2D eigenvalue weighted by Gasteiger charge is -2.12. The van der Waals surface area contributed by atoms with Gasteiger partial charge in [0.25, 0.3) is 5.91 Å². The molecule has 0 aliphatic rings. The van der Waals surface area contributed by atoms with Crippen LogP contribution in [0.15, 0.2) is 42.7 Å². The Kier molecular flexibility index (Phi) is 6.39. The Bertz CT molecular complexity index is 1290. The number of aromatic nitrogens is 4. The molecule has 1 amide bonds. The van der Waals surface area contributed by atoms with Gasteiger partial charge in [-0.15, -0.1) is 0 Å². The van der Waals surface area contributed by atoms with Crippen LogP contribution in [0.3, 0.4) is 0 Å². The highest BCUT2D eigenvalue weighted by atomic mass is 16.5. The lowest BCUT2D eigenvalue weighted by Crippen LogP contribution is -2.26. The third kappa shape index (κ3) is 4.43. The van der Waals surface area contributed by atoms with E-state index in [1.165, 1.54) is 0 Å². The largest absolute Gasteiger partial charge is 0.493 e. The molecule has 0 fully saturated rings. The molecule has 9 nitrogen and oxygen atoms in total. The van der Waals surface area contributed by atoms with E-state index >= 15 is 0 Å². The van der Waals surface area contributed by atoms with E-state index in [0.29, 0.717) is 47.2 Å². The Balaban J connectivity index is 1.53. The molecule has 3 aromatic heterocycles. The molecule has 0 unspecified atom stereocenters. The minimum atomic E-state index is -0.239. The number of benzene rings is 1. The number of rotatable bonds is 8. The van der Waals surface area contributed by atoms with Crippen LogP contribution < -0.4 is 19.5 Å². The maximum Gasteiger partial charge on any atom is 0.267 e. The molecule has 0 aliphatic heterocycles. The third-order valence-corrected chi connectivity index (χ3v) is 5.25. The number of hydrogen-bond donors (Lipinski definition) is 2. The zero-order valence-electron chi connectivity index (χ0n) is 18.9. The van der Waals surface area contributed by atoms with Crippen molar-refractivity contribution in [2.24, 2.45) is 0 Å². The van der Waals surface area contributed by atoms with E-state index in [2.05, 4.69) is 25.3 Å². The normalized spacial score (nSPS) is 10.8. The fourth-order valence-electron chi connectivity index (χ4n) is 3.71. The summed E-state index contributed by atoms with van der Waals surface area (Å²) in [7, 11) is 4.64. The van der Waals surface area contributed by atoms with E-state index in [0.717, 1.165) is 22.3 Å².